The number of hydrogen-bond donors (Lipinski definition) is 1. The van der Waals surface area contributed by atoms with Gasteiger partial charge >= 0.3 is 6.18 Å². The molecule has 2 rings (SSSR count). The topological polar surface area (TPSA) is 38.3 Å². The van der Waals surface area contributed by atoms with Crippen molar-refractivity contribution < 1.29 is 22.7 Å². The minimum atomic E-state index is -4.42. The van der Waals surface area contributed by atoms with Crippen LogP contribution in [0.5, 0.6) is 5.75 Å². The van der Waals surface area contributed by atoms with E-state index < -0.39 is 17.6 Å². The number of hydrogen-bond acceptors (Lipinski definition) is 2. The van der Waals surface area contributed by atoms with E-state index in [4.69, 9.17) is 16.3 Å². The standard InChI is InChI=1S/C16H13ClF3NO2/c1-9-7-10(16(18,19)20)3-6-13(9)21-15(22)12-5-4-11(17)8-14(12)23-2/h3-8H,1-2H3,(H,21,22). The zero-order valence-corrected chi connectivity index (χ0v) is 13.0. The minimum absolute atomic E-state index is 0.233. The second-order valence-corrected chi connectivity index (χ2v) is 5.26. The van der Waals surface area contributed by atoms with Crippen molar-refractivity contribution in [2.45, 2.75) is 13.1 Å². The first-order valence-corrected chi connectivity index (χ1v) is 6.93. The molecule has 2 aromatic carbocycles. The third kappa shape index (κ3) is 3.96. The number of ether oxygens (including phenoxy) is 1. The van der Waals surface area contributed by atoms with Gasteiger partial charge in [0.25, 0.3) is 5.91 Å². The van der Waals surface area contributed by atoms with Crippen molar-refractivity contribution in [3.05, 3.63) is 58.1 Å². The van der Waals surface area contributed by atoms with Crippen LogP contribution in [0.1, 0.15) is 21.5 Å². The lowest BCUT2D eigenvalue weighted by atomic mass is 10.1. The Morgan fingerprint density at radius 1 is 1.17 bits per heavy atom. The van der Waals surface area contributed by atoms with Gasteiger partial charge in [-0.25, -0.2) is 0 Å². The number of amides is 1. The fourth-order valence-electron chi connectivity index (χ4n) is 2.02. The van der Waals surface area contributed by atoms with Gasteiger partial charge in [-0.05, 0) is 48.9 Å². The quantitative estimate of drug-likeness (QED) is 0.858. The highest BCUT2D eigenvalue weighted by Gasteiger charge is 2.30. The van der Waals surface area contributed by atoms with Crippen molar-refractivity contribution in [2.75, 3.05) is 12.4 Å². The predicted molar refractivity (Wildman–Crippen MR) is 82.1 cm³/mol. The van der Waals surface area contributed by atoms with E-state index in [9.17, 15) is 18.0 Å². The Kier molecular flexibility index (Phi) is 4.85. The maximum Gasteiger partial charge on any atom is 0.416 e. The lowest BCUT2D eigenvalue weighted by molar-refractivity contribution is -0.137. The van der Waals surface area contributed by atoms with E-state index in [0.29, 0.717) is 16.3 Å². The molecule has 0 bridgehead atoms. The Bertz CT molecular complexity index is 745. The van der Waals surface area contributed by atoms with E-state index in [2.05, 4.69) is 5.32 Å². The Balaban J connectivity index is 2.27. The van der Waals surface area contributed by atoms with E-state index in [1.165, 1.54) is 38.3 Å². The third-order valence-corrected chi connectivity index (χ3v) is 3.45. The number of carbonyl (C=O) groups excluding carboxylic acids is 1. The van der Waals surface area contributed by atoms with Crippen molar-refractivity contribution in [1.82, 2.24) is 0 Å². The molecule has 122 valence electrons. The molecule has 0 saturated carbocycles. The summed E-state index contributed by atoms with van der Waals surface area (Å²) in [5, 5.41) is 2.98. The van der Waals surface area contributed by atoms with Gasteiger partial charge in [-0.15, -0.1) is 0 Å². The van der Waals surface area contributed by atoms with Crippen LogP contribution < -0.4 is 10.1 Å². The number of halogens is 4. The zero-order valence-electron chi connectivity index (χ0n) is 12.3. The van der Waals surface area contributed by atoms with Gasteiger partial charge in [-0.2, -0.15) is 13.2 Å². The van der Waals surface area contributed by atoms with Crippen LogP contribution in [0.2, 0.25) is 5.02 Å². The molecule has 0 radical (unpaired) electrons. The molecule has 7 heteroatoms. The van der Waals surface area contributed by atoms with E-state index >= 15 is 0 Å². The lowest BCUT2D eigenvalue weighted by Crippen LogP contribution is -2.14. The summed E-state index contributed by atoms with van der Waals surface area (Å²) in [5.74, 6) is -0.221. The highest BCUT2D eigenvalue weighted by atomic mass is 35.5. The third-order valence-electron chi connectivity index (χ3n) is 3.21. The molecule has 0 fully saturated rings. The van der Waals surface area contributed by atoms with Crippen LogP contribution in [0.4, 0.5) is 18.9 Å². The second kappa shape index (κ2) is 6.50. The van der Waals surface area contributed by atoms with Gasteiger partial charge in [0.05, 0.1) is 18.2 Å². The number of benzene rings is 2. The van der Waals surface area contributed by atoms with Gasteiger partial charge < -0.3 is 10.1 Å². The van der Waals surface area contributed by atoms with Crippen LogP contribution in [-0.4, -0.2) is 13.0 Å². The molecule has 0 saturated heterocycles. The summed E-state index contributed by atoms with van der Waals surface area (Å²) in [6, 6.07) is 7.61. The molecule has 0 spiro atoms. The number of anilines is 1. The molecular formula is C16H13ClF3NO2. The largest absolute Gasteiger partial charge is 0.496 e. The molecule has 0 aliphatic rings. The van der Waals surface area contributed by atoms with Crippen molar-refractivity contribution in [1.29, 1.82) is 0 Å². The highest BCUT2D eigenvalue weighted by molar-refractivity contribution is 6.31. The van der Waals surface area contributed by atoms with Gasteiger partial charge in [0.1, 0.15) is 5.75 Å². The molecule has 0 aliphatic carbocycles. The number of nitrogens with one attached hydrogen (secondary N) is 1. The van der Waals surface area contributed by atoms with Gasteiger partial charge in [0.2, 0.25) is 0 Å². The second-order valence-electron chi connectivity index (χ2n) is 4.83. The van der Waals surface area contributed by atoms with Gasteiger partial charge in [0.15, 0.2) is 0 Å². The van der Waals surface area contributed by atoms with Crippen LogP contribution in [0.25, 0.3) is 0 Å². The van der Waals surface area contributed by atoms with Crippen molar-refractivity contribution >= 4 is 23.2 Å². The molecule has 0 aliphatic heterocycles. The van der Waals surface area contributed by atoms with Crippen LogP contribution in [0.15, 0.2) is 36.4 Å². The van der Waals surface area contributed by atoms with Crippen LogP contribution in [0.3, 0.4) is 0 Å². The first-order chi connectivity index (χ1) is 10.7. The number of aryl methyl sites for hydroxylation is 1. The molecule has 1 amide bonds. The molecule has 0 unspecified atom stereocenters. The van der Waals surface area contributed by atoms with Crippen LogP contribution in [0, 0.1) is 6.92 Å². The zero-order chi connectivity index (χ0) is 17.2. The number of carbonyl (C=O) groups is 1. The number of rotatable bonds is 3. The van der Waals surface area contributed by atoms with E-state index in [1.807, 2.05) is 0 Å². The van der Waals surface area contributed by atoms with Gasteiger partial charge in [-0.1, -0.05) is 11.6 Å². The average Bonchev–Trinajstić information content (AvgIpc) is 2.47. The Morgan fingerprint density at radius 3 is 2.43 bits per heavy atom. The van der Waals surface area contributed by atoms with Crippen molar-refractivity contribution in [2.24, 2.45) is 0 Å². The summed E-state index contributed by atoms with van der Waals surface area (Å²) in [5.41, 5.74) is 0.0642. The average molecular weight is 344 g/mol. The predicted octanol–water partition coefficient (Wildman–Crippen LogP) is 4.93. The Morgan fingerprint density at radius 2 is 1.87 bits per heavy atom. The molecule has 0 atom stereocenters. The van der Waals surface area contributed by atoms with E-state index in [0.717, 1.165) is 12.1 Å². The smallest absolute Gasteiger partial charge is 0.416 e. The van der Waals surface area contributed by atoms with E-state index in [-0.39, 0.29) is 11.3 Å². The summed E-state index contributed by atoms with van der Waals surface area (Å²) >= 11 is 5.83. The number of methoxy groups -OCH3 is 1. The summed E-state index contributed by atoms with van der Waals surface area (Å²) in [6.45, 7) is 1.49. The molecular weight excluding hydrogens is 331 g/mol. The Labute approximate surface area is 136 Å². The monoisotopic (exact) mass is 343 g/mol. The molecule has 2 aromatic rings. The molecule has 23 heavy (non-hydrogen) atoms. The summed E-state index contributed by atoms with van der Waals surface area (Å²) in [6.07, 6.45) is -4.42. The minimum Gasteiger partial charge on any atom is -0.496 e. The maximum atomic E-state index is 12.6. The summed E-state index contributed by atoms with van der Waals surface area (Å²) in [7, 11) is 1.39. The maximum absolute atomic E-state index is 12.6. The lowest BCUT2D eigenvalue weighted by Gasteiger charge is -2.13. The summed E-state index contributed by atoms with van der Waals surface area (Å²) < 4.78 is 43.0. The first-order valence-electron chi connectivity index (χ1n) is 6.55. The van der Waals surface area contributed by atoms with Crippen molar-refractivity contribution in [3.8, 4) is 5.75 Å². The molecule has 0 heterocycles. The van der Waals surface area contributed by atoms with Crippen LogP contribution in [-0.2, 0) is 6.18 Å². The highest BCUT2D eigenvalue weighted by Crippen LogP contribution is 2.32. The molecule has 1 N–H and O–H groups in total. The van der Waals surface area contributed by atoms with E-state index in [1.54, 1.807) is 0 Å². The fourth-order valence-corrected chi connectivity index (χ4v) is 2.18. The SMILES string of the molecule is COc1cc(Cl)ccc1C(=O)Nc1ccc(C(F)(F)F)cc1C. The molecule has 3 nitrogen and oxygen atoms in total. The fraction of sp³-hybridized carbons (Fsp3) is 0.188. The summed E-state index contributed by atoms with van der Waals surface area (Å²) in [4.78, 5) is 12.3. The number of alkyl halides is 3. The van der Waals surface area contributed by atoms with Crippen molar-refractivity contribution in [3.63, 3.8) is 0 Å². The van der Waals surface area contributed by atoms with Gasteiger partial charge in [-0.3, -0.25) is 4.79 Å². The normalized spacial score (nSPS) is 11.2. The Hall–Kier alpha value is -2.21. The van der Waals surface area contributed by atoms with Gasteiger partial charge in [0, 0.05) is 10.7 Å². The van der Waals surface area contributed by atoms with Crippen LogP contribution >= 0.6 is 11.6 Å². The molecule has 0 aromatic heterocycles. The first kappa shape index (κ1) is 17.1.